The molecule has 152 valence electrons. The zero-order valence-electron chi connectivity index (χ0n) is 16.5. The minimum atomic E-state index is -0.448. The Morgan fingerprint density at radius 2 is 1.77 bits per heavy atom. The number of nitrogens with one attached hydrogen (secondary N) is 1. The van der Waals surface area contributed by atoms with E-state index in [9.17, 15) is 14.0 Å². The van der Waals surface area contributed by atoms with E-state index in [4.69, 9.17) is 4.74 Å². The number of methoxy groups -OCH3 is 1. The molecule has 0 bridgehead atoms. The summed E-state index contributed by atoms with van der Waals surface area (Å²) in [5, 5.41) is 2.78. The molecule has 30 heavy (non-hydrogen) atoms. The quantitative estimate of drug-likeness (QED) is 0.655. The van der Waals surface area contributed by atoms with Gasteiger partial charge in [-0.25, -0.2) is 4.39 Å². The van der Waals surface area contributed by atoms with E-state index < -0.39 is 6.04 Å². The van der Waals surface area contributed by atoms with E-state index >= 15 is 0 Å². The van der Waals surface area contributed by atoms with Crippen molar-refractivity contribution in [2.45, 2.75) is 19.0 Å². The second-order valence-corrected chi connectivity index (χ2v) is 7.14. The van der Waals surface area contributed by atoms with Gasteiger partial charge in [0.1, 0.15) is 11.6 Å². The SMILES string of the molecule is COc1ccc([C@@H](CC(=O)Nc2ccc(F)cc2)N2Cc3ccccc3C2=O)cc1. The molecule has 4 rings (SSSR count). The van der Waals surface area contributed by atoms with Crippen molar-refractivity contribution in [2.24, 2.45) is 0 Å². The van der Waals surface area contributed by atoms with Crippen molar-refractivity contribution in [3.8, 4) is 5.75 Å². The average Bonchev–Trinajstić information content (AvgIpc) is 3.10. The molecule has 0 unspecified atom stereocenters. The van der Waals surface area contributed by atoms with Crippen molar-refractivity contribution < 1.29 is 18.7 Å². The number of fused-ring (bicyclic) bond motifs is 1. The first-order valence-electron chi connectivity index (χ1n) is 9.63. The number of halogens is 1. The van der Waals surface area contributed by atoms with Crippen LogP contribution < -0.4 is 10.1 Å². The van der Waals surface area contributed by atoms with Crippen molar-refractivity contribution in [2.75, 3.05) is 12.4 Å². The van der Waals surface area contributed by atoms with Crippen LogP contribution in [-0.2, 0) is 11.3 Å². The van der Waals surface area contributed by atoms with Crippen LogP contribution in [0.25, 0.3) is 0 Å². The lowest BCUT2D eigenvalue weighted by Gasteiger charge is -2.28. The van der Waals surface area contributed by atoms with Crippen LogP contribution >= 0.6 is 0 Å². The smallest absolute Gasteiger partial charge is 0.255 e. The third-order valence-electron chi connectivity index (χ3n) is 5.23. The van der Waals surface area contributed by atoms with Gasteiger partial charge in [0.05, 0.1) is 19.6 Å². The second-order valence-electron chi connectivity index (χ2n) is 7.14. The second kappa shape index (κ2) is 8.37. The van der Waals surface area contributed by atoms with E-state index in [1.165, 1.54) is 24.3 Å². The van der Waals surface area contributed by atoms with Gasteiger partial charge in [0.2, 0.25) is 5.91 Å². The van der Waals surface area contributed by atoms with Gasteiger partial charge in [-0.2, -0.15) is 0 Å². The summed E-state index contributed by atoms with van der Waals surface area (Å²) in [5.74, 6) is -0.0268. The topological polar surface area (TPSA) is 58.6 Å². The molecular formula is C24H21FN2O3. The van der Waals surface area contributed by atoms with E-state index in [-0.39, 0.29) is 24.1 Å². The van der Waals surface area contributed by atoms with Crippen molar-refractivity contribution >= 4 is 17.5 Å². The number of carbonyl (C=O) groups is 2. The van der Waals surface area contributed by atoms with Gasteiger partial charge in [-0.15, -0.1) is 0 Å². The fourth-order valence-electron chi connectivity index (χ4n) is 3.68. The molecule has 0 aromatic heterocycles. The maximum Gasteiger partial charge on any atom is 0.255 e. The highest BCUT2D eigenvalue weighted by Crippen LogP contribution is 2.34. The summed E-state index contributed by atoms with van der Waals surface area (Å²) in [6.07, 6.45) is 0.0729. The molecule has 1 atom stereocenters. The van der Waals surface area contributed by atoms with Crippen molar-refractivity contribution in [3.63, 3.8) is 0 Å². The molecule has 6 heteroatoms. The summed E-state index contributed by atoms with van der Waals surface area (Å²) in [6, 6.07) is 20.0. The van der Waals surface area contributed by atoms with Crippen molar-refractivity contribution in [1.29, 1.82) is 0 Å². The van der Waals surface area contributed by atoms with Crippen LogP contribution in [0.3, 0.4) is 0 Å². The summed E-state index contributed by atoms with van der Waals surface area (Å²) < 4.78 is 18.4. The Hall–Kier alpha value is -3.67. The van der Waals surface area contributed by atoms with Crippen LogP contribution in [0.5, 0.6) is 5.75 Å². The van der Waals surface area contributed by atoms with Crippen LogP contribution in [0.1, 0.15) is 33.9 Å². The van der Waals surface area contributed by atoms with E-state index in [1.807, 2.05) is 42.5 Å². The molecule has 0 aliphatic carbocycles. The maximum absolute atomic E-state index is 13.1. The Bertz CT molecular complexity index is 1060. The van der Waals surface area contributed by atoms with Gasteiger partial charge in [-0.3, -0.25) is 9.59 Å². The minimum absolute atomic E-state index is 0.0729. The van der Waals surface area contributed by atoms with Crippen LogP contribution in [0.4, 0.5) is 10.1 Å². The Kier molecular flexibility index (Phi) is 5.48. The number of carbonyl (C=O) groups excluding carboxylic acids is 2. The Morgan fingerprint density at radius 1 is 1.07 bits per heavy atom. The lowest BCUT2D eigenvalue weighted by Crippen LogP contribution is -2.32. The Balaban J connectivity index is 1.59. The molecule has 1 heterocycles. The zero-order chi connectivity index (χ0) is 21.1. The number of benzene rings is 3. The highest BCUT2D eigenvalue weighted by Gasteiger charge is 2.34. The van der Waals surface area contributed by atoms with Gasteiger partial charge >= 0.3 is 0 Å². The van der Waals surface area contributed by atoms with Crippen molar-refractivity contribution in [1.82, 2.24) is 4.90 Å². The Labute approximate surface area is 174 Å². The predicted octanol–water partition coefficient (Wildman–Crippen LogP) is 4.56. The molecular weight excluding hydrogens is 383 g/mol. The van der Waals surface area contributed by atoms with Gasteiger partial charge < -0.3 is 15.0 Å². The molecule has 0 radical (unpaired) electrons. The Morgan fingerprint density at radius 3 is 2.43 bits per heavy atom. The minimum Gasteiger partial charge on any atom is -0.497 e. The summed E-state index contributed by atoms with van der Waals surface area (Å²) in [5.41, 5.74) is 2.95. The molecule has 0 saturated heterocycles. The number of amides is 2. The number of anilines is 1. The highest BCUT2D eigenvalue weighted by atomic mass is 19.1. The third kappa shape index (κ3) is 4.03. The molecule has 2 amide bonds. The summed E-state index contributed by atoms with van der Waals surface area (Å²) in [7, 11) is 1.59. The van der Waals surface area contributed by atoms with E-state index in [0.29, 0.717) is 23.5 Å². The summed E-state index contributed by atoms with van der Waals surface area (Å²) in [4.78, 5) is 27.5. The maximum atomic E-state index is 13.1. The number of nitrogens with zero attached hydrogens (tertiary/aromatic N) is 1. The summed E-state index contributed by atoms with van der Waals surface area (Å²) >= 11 is 0. The van der Waals surface area contributed by atoms with Crippen LogP contribution in [0.2, 0.25) is 0 Å². The molecule has 1 N–H and O–H groups in total. The largest absolute Gasteiger partial charge is 0.497 e. The molecule has 3 aromatic carbocycles. The van der Waals surface area contributed by atoms with E-state index in [1.54, 1.807) is 18.1 Å². The summed E-state index contributed by atoms with van der Waals surface area (Å²) in [6.45, 7) is 0.440. The molecule has 3 aromatic rings. The third-order valence-corrected chi connectivity index (χ3v) is 5.23. The van der Waals surface area contributed by atoms with Gasteiger partial charge in [0.15, 0.2) is 0 Å². The standard InChI is InChI=1S/C24H21FN2O3/c1-30-20-12-6-16(7-13-20)22(14-23(28)26-19-10-8-18(25)9-11-19)27-15-17-4-2-3-5-21(17)24(27)29/h2-13,22H,14-15H2,1H3,(H,26,28)/t22-/m1/s1. The normalized spacial score (nSPS) is 13.7. The lowest BCUT2D eigenvalue weighted by atomic mass is 10.0. The molecule has 0 spiro atoms. The fraction of sp³-hybridized carbons (Fsp3) is 0.167. The average molecular weight is 404 g/mol. The fourth-order valence-corrected chi connectivity index (χ4v) is 3.68. The molecule has 5 nitrogen and oxygen atoms in total. The van der Waals surface area contributed by atoms with Gasteiger partial charge in [-0.05, 0) is 53.6 Å². The highest BCUT2D eigenvalue weighted by molar-refractivity contribution is 5.99. The van der Waals surface area contributed by atoms with Gasteiger partial charge in [0.25, 0.3) is 5.91 Å². The monoisotopic (exact) mass is 404 g/mol. The lowest BCUT2D eigenvalue weighted by molar-refractivity contribution is -0.117. The number of rotatable bonds is 6. The molecule has 0 fully saturated rings. The first kappa shape index (κ1) is 19.6. The van der Waals surface area contributed by atoms with Crippen molar-refractivity contribution in [3.05, 3.63) is 95.3 Å². The van der Waals surface area contributed by atoms with E-state index in [0.717, 1.165) is 11.1 Å². The number of hydrogen-bond donors (Lipinski definition) is 1. The first-order chi connectivity index (χ1) is 14.5. The zero-order valence-corrected chi connectivity index (χ0v) is 16.5. The first-order valence-corrected chi connectivity index (χ1v) is 9.63. The van der Waals surface area contributed by atoms with E-state index in [2.05, 4.69) is 5.32 Å². The van der Waals surface area contributed by atoms with Crippen LogP contribution in [0.15, 0.2) is 72.8 Å². The predicted molar refractivity (Wildman–Crippen MR) is 112 cm³/mol. The van der Waals surface area contributed by atoms with Gasteiger partial charge in [-0.1, -0.05) is 30.3 Å². The van der Waals surface area contributed by atoms with Crippen LogP contribution in [-0.4, -0.2) is 23.8 Å². The van der Waals surface area contributed by atoms with Gasteiger partial charge in [0, 0.05) is 17.8 Å². The van der Waals surface area contributed by atoms with Crippen LogP contribution in [0, 0.1) is 5.82 Å². The molecule has 1 aliphatic rings. The number of hydrogen-bond acceptors (Lipinski definition) is 3. The molecule has 0 saturated carbocycles. The number of ether oxygens (including phenoxy) is 1. The molecule has 1 aliphatic heterocycles.